The van der Waals surface area contributed by atoms with E-state index in [9.17, 15) is 5.26 Å². The van der Waals surface area contributed by atoms with Crippen molar-refractivity contribution in [2.75, 3.05) is 6.61 Å². The van der Waals surface area contributed by atoms with Crippen molar-refractivity contribution < 1.29 is 4.74 Å². The lowest BCUT2D eigenvalue weighted by atomic mass is 10.1. The molecule has 21 heavy (non-hydrogen) atoms. The number of aromatic nitrogens is 1. The summed E-state index contributed by atoms with van der Waals surface area (Å²) < 4.78 is 5.68. The van der Waals surface area contributed by atoms with E-state index in [1.54, 1.807) is 6.07 Å². The molecule has 2 heterocycles. The van der Waals surface area contributed by atoms with Crippen molar-refractivity contribution in [3.8, 4) is 11.8 Å². The molecule has 1 aliphatic heterocycles. The molecule has 0 fully saturated rings. The molecular formula is C16H11ClN2OS. The van der Waals surface area contributed by atoms with E-state index in [1.165, 1.54) is 11.3 Å². The topological polar surface area (TPSA) is 45.9 Å². The van der Waals surface area contributed by atoms with Gasteiger partial charge in [-0.25, -0.2) is 4.98 Å². The number of nitrogens with zero attached hydrogens (tertiary/aromatic N) is 2. The first-order valence-corrected chi connectivity index (χ1v) is 7.59. The van der Waals surface area contributed by atoms with Crippen LogP contribution in [0.1, 0.15) is 16.3 Å². The minimum Gasteiger partial charge on any atom is -0.488 e. The van der Waals surface area contributed by atoms with Gasteiger partial charge in [0.15, 0.2) is 0 Å². The summed E-state index contributed by atoms with van der Waals surface area (Å²) in [5.41, 5.74) is 3.32. The van der Waals surface area contributed by atoms with E-state index in [4.69, 9.17) is 16.3 Å². The van der Waals surface area contributed by atoms with Crippen LogP contribution in [0.15, 0.2) is 35.2 Å². The second-order valence-electron chi connectivity index (χ2n) is 4.65. The first-order chi connectivity index (χ1) is 10.2. The van der Waals surface area contributed by atoms with E-state index in [0.29, 0.717) is 17.2 Å². The first-order valence-electron chi connectivity index (χ1n) is 6.33. The maximum absolute atomic E-state index is 9.32. The molecule has 0 spiro atoms. The number of hydrogen-bond acceptors (Lipinski definition) is 4. The van der Waals surface area contributed by atoms with Gasteiger partial charge in [0.25, 0.3) is 0 Å². The predicted molar refractivity (Wildman–Crippen MR) is 85.4 cm³/mol. The van der Waals surface area contributed by atoms with Gasteiger partial charge in [-0.2, -0.15) is 5.26 Å². The number of ether oxygens (including phenoxy) is 1. The van der Waals surface area contributed by atoms with E-state index in [1.807, 2.05) is 36.6 Å². The Morgan fingerprint density at radius 2 is 2.38 bits per heavy atom. The molecule has 104 valence electrons. The van der Waals surface area contributed by atoms with Crippen molar-refractivity contribution in [1.29, 1.82) is 5.26 Å². The van der Waals surface area contributed by atoms with Crippen LogP contribution < -0.4 is 4.74 Å². The highest BCUT2D eigenvalue weighted by molar-refractivity contribution is 7.10. The third-order valence-corrected chi connectivity index (χ3v) is 4.24. The molecule has 0 amide bonds. The van der Waals surface area contributed by atoms with Crippen molar-refractivity contribution in [1.82, 2.24) is 4.98 Å². The van der Waals surface area contributed by atoms with Gasteiger partial charge in [-0.3, -0.25) is 0 Å². The summed E-state index contributed by atoms with van der Waals surface area (Å²) in [6.07, 6.45) is 3.81. The Hall–Kier alpha value is -2.09. The van der Waals surface area contributed by atoms with Crippen LogP contribution in [0, 0.1) is 18.3 Å². The summed E-state index contributed by atoms with van der Waals surface area (Å²) in [6, 6.07) is 7.70. The van der Waals surface area contributed by atoms with Crippen LogP contribution in [0.3, 0.4) is 0 Å². The predicted octanol–water partition coefficient (Wildman–Crippen LogP) is 4.49. The van der Waals surface area contributed by atoms with Gasteiger partial charge in [0, 0.05) is 21.7 Å². The molecule has 3 nitrogen and oxygen atoms in total. The second-order valence-corrected chi connectivity index (χ2v) is 5.95. The minimum atomic E-state index is 0.435. The molecule has 0 aliphatic carbocycles. The minimum absolute atomic E-state index is 0.435. The van der Waals surface area contributed by atoms with E-state index < -0.39 is 0 Å². The number of fused-ring (bicyclic) bond motifs is 1. The Balaban J connectivity index is 1.97. The second kappa shape index (κ2) is 5.72. The van der Waals surface area contributed by atoms with Crippen LogP contribution in [-0.2, 0) is 0 Å². The van der Waals surface area contributed by atoms with E-state index in [2.05, 4.69) is 11.1 Å². The number of hydrogen-bond donors (Lipinski definition) is 0. The zero-order valence-electron chi connectivity index (χ0n) is 11.3. The highest BCUT2D eigenvalue weighted by atomic mass is 35.5. The Morgan fingerprint density at radius 3 is 3.10 bits per heavy atom. The molecule has 0 N–H and O–H groups in total. The summed E-state index contributed by atoms with van der Waals surface area (Å²) >= 11 is 7.46. The molecule has 0 bridgehead atoms. The van der Waals surface area contributed by atoms with Crippen LogP contribution in [0.25, 0.3) is 11.6 Å². The molecule has 1 aromatic carbocycles. The third-order valence-electron chi connectivity index (χ3n) is 3.01. The third kappa shape index (κ3) is 2.99. The normalized spacial score (nSPS) is 14.0. The molecule has 2 aromatic rings. The number of thiazole rings is 1. The van der Waals surface area contributed by atoms with E-state index in [0.717, 1.165) is 27.6 Å². The van der Waals surface area contributed by atoms with Crippen LogP contribution in [0.5, 0.6) is 5.75 Å². The molecule has 3 rings (SSSR count). The summed E-state index contributed by atoms with van der Waals surface area (Å²) in [6.45, 7) is 2.35. The van der Waals surface area contributed by atoms with Crippen LogP contribution >= 0.6 is 22.9 Å². The molecule has 0 saturated heterocycles. The first kappa shape index (κ1) is 13.9. The Kier molecular flexibility index (Phi) is 3.78. The Labute approximate surface area is 131 Å². The van der Waals surface area contributed by atoms with Crippen molar-refractivity contribution >= 4 is 34.6 Å². The molecule has 0 unspecified atom stereocenters. The average Bonchev–Trinajstić information content (AvgIpc) is 2.90. The molecule has 0 saturated carbocycles. The average molecular weight is 315 g/mol. The van der Waals surface area contributed by atoms with E-state index in [-0.39, 0.29) is 0 Å². The van der Waals surface area contributed by atoms with Gasteiger partial charge in [0.1, 0.15) is 23.4 Å². The SMILES string of the molecule is Cc1csc(/C(C#N)=C/C2=Cc3cc(Cl)ccc3OC2)n1. The lowest BCUT2D eigenvalue weighted by Gasteiger charge is -2.16. The van der Waals surface area contributed by atoms with Crippen molar-refractivity contribution in [3.05, 3.63) is 56.5 Å². The number of benzene rings is 1. The van der Waals surface area contributed by atoms with Gasteiger partial charge >= 0.3 is 0 Å². The molecule has 1 aromatic heterocycles. The van der Waals surface area contributed by atoms with Gasteiger partial charge in [-0.1, -0.05) is 11.6 Å². The lowest BCUT2D eigenvalue weighted by Crippen LogP contribution is -2.06. The van der Waals surface area contributed by atoms with E-state index >= 15 is 0 Å². The molecular weight excluding hydrogens is 304 g/mol. The van der Waals surface area contributed by atoms with Gasteiger partial charge in [-0.05, 0) is 42.8 Å². The molecule has 0 atom stereocenters. The molecule has 0 radical (unpaired) electrons. The van der Waals surface area contributed by atoms with Crippen molar-refractivity contribution in [2.45, 2.75) is 6.92 Å². The quantitative estimate of drug-likeness (QED) is 0.767. The van der Waals surface area contributed by atoms with Gasteiger partial charge < -0.3 is 4.74 Å². The van der Waals surface area contributed by atoms with Crippen LogP contribution in [0.4, 0.5) is 0 Å². The van der Waals surface area contributed by atoms with Crippen molar-refractivity contribution in [3.63, 3.8) is 0 Å². The smallest absolute Gasteiger partial charge is 0.134 e. The Morgan fingerprint density at radius 1 is 1.52 bits per heavy atom. The summed E-state index contributed by atoms with van der Waals surface area (Å²) in [7, 11) is 0. The molecule has 5 heteroatoms. The lowest BCUT2D eigenvalue weighted by molar-refractivity contribution is 0.351. The summed E-state index contributed by atoms with van der Waals surface area (Å²) in [5, 5.41) is 12.6. The van der Waals surface area contributed by atoms with Crippen LogP contribution in [0.2, 0.25) is 5.02 Å². The van der Waals surface area contributed by atoms with Gasteiger partial charge in [-0.15, -0.1) is 11.3 Å². The highest BCUT2D eigenvalue weighted by Gasteiger charge is 2.13. The number of rotatable bonds is 2. The van der Waals surface area contributed by atoms with Gasteiger partial charge in [0.05, 0.1) is 5.57 Å². The fourth-order valence-electron chi connectivity index (χ4n) is 2.05. The largest absolute Gasteiger partial charge is 0.488 e. The summed E-state index contributed by atoms with van der Waals surface area (Å²) in [5.74, 6) is 0.806. The number of halogens is 1. The van der Waals surface area contributed by atoms with Gasteiger partial charge in [0.2, 0.25) is 0 Å². The highest BCUT2D eigenvalue weighted by Crippen LogP contribution is 2.30. The zero-order chi connectivity index (χ0) is 14.8. The zero-order valence-corrected chi connectivity index (χ0v) is 12.8. The van der Waals surface area contributed by atoms with Crippen molar-refractivity contribution in [2.24, 2.45) is 0 Å². The summed E-state index contributed by atoms with van der Waals surface area (Å²) in [4.78, 5) is 4.34. The Bertz CT molecular complexity index is 799. The number of aryl methyl sites for hydroxylation is 1. The maximum Gasteiger partial charge on any atom is 0.134 e. The maximum atomic E-state index is 9.32. The molecule has 1 aliphatic rings. The van der Waals surface area contributed by atoms with Crippen LogP contribution in [-0.4, -0.2) is 11.6 Å². The fraction of sp³-hybridized carbons (Fsp3) is 0.125. The number of allylic oxidation sites excluding steroid dienone is 1. The number of nitriles is 1. The standard InChI is InChI=1S/C16H11ClN2OS/c1-10-9-21-16(19-10)13(7-18)5-11-4-12-6-14(17)2-3-15(12)20-8-11/h2-6,9H,8H2,1H3/b13-5+. The fourth-order valence-corrected chi connectivity index (χ4v) is 3.00. The monoisotopic (exact) mass is 314 g/mol.